The average molecular weight is 334 g/mol. The number of ether oxygens (including phenoxy) is 1. The smallest absolute Gasteiger partial charge is 0.252 e. The normalized spacial score (nSPS) is 19.6. The number of hydrogen-bond donors (Lipinski definition) is 2. The molecule has 18 heavy (non-hydrogen) atoms. The van der Waals surface area contributed by atoms with Crippen LogP contribution >= 0.6 is 27.5 Å². The van der Waals surface area contributed by atoms with Crippen LogP contribution in [0.4, 0.5) is 0 Å². The van der Waals surface area contributed by atoms with Gasteiger partial charge in [-0.1, -0.05) is 27.5 Å². The van der Waals surface area contributed by atoms with E-state index in [9.17, 15) is 4.79 Å². The Balaban J connectivity index is 1.92. The molecule has 1 heterocycles. The second-order valence-corrected chi connectivity index (χ2v) is 5.35. The quantitative estimate of drug-likeness (QED) is 0.887. The molecule has 6 heteroatoms. The Labute approximate surface area is 119 Å². The van der Waals surface area contributed by atoms with Crippen LogP contribution in [0.15, 0.2) is 22.7 Å². The zero-order valence-electron chi connectivity index (χ0n) is 9.71. The van der Waals surface area contributed by atoms with Crippen molar-refractivity contribution < 1.29 is 9.53 Å². The molecule has 4 nitrogen and oxygen atoms in total. The Hall–Kier alpha value is -0.620. The third-order valence-electron chi connectivity index (χ3n) is 2.67. The van der Waals surface area contributed by atoms with E-state index in [0.717, 1.165) is 17.6 Å². The van der Waals surface area contributed by atoms with Gasteiger partial charge >= 0.3 is 0 Å². The maximum Gasteiger partial charge on any atom is 0.252 e. The lowest BCUT2D eigenvalue weighted by Gasteiger charge is -2.23. The van der Waals surface area contributed by atoms with Crippen LogP contribution in [0.5, 0.6) is 0 Å². The lowest BCUT2D eigenvalue weighted by Crippen LogP contribution is -2.45. The number of carbonyl (C=O) groups excluding carboxylic acids is 1. The molecule has 1 aromatic rings. The van der Waals surface area contributed by atoms with Gasteiger partial charge in [0.25, 0.3) is 5.91 Å². The number of nitrogens with one attached hydrogen (secondary N) is 2. The fourth-order valence-electron chi connectivity index (χ4n) is 1.72. The number of carbonyl (C=O) groups is 1. The summed E-state index contributed by atoms with van der Waals surface area (Å²) in [4.78, 5) is 12.0. The highest BCUT2D eigenvalue weighted by molar-refractivity contribution is 9.10. The van der Waals surface area contributed by atoms with Gasteiger partial charge in [-0.2, -0.15) is 0 Å². The lowest BCUT2D eigenvalue weighted by molar-refractivity contribution is 0.0287. The van der Waals surface area contributed by atoms with Crippen LogP contribution in [-0.4, -0.2) is 38.3 Å². The van der Waals surface area contributed by atoms with Crippen molar-refractivity contribution in [1.29, 1.82) is 0 Å². The summed E-state index contributed by atoms with van der Waals surface area (Å²) in [5, 5.41) is 6.48. The number of rotatable bonds is 3. The molecule has 0 aliphatic carbocycles. The van der Waals surface area contributed by atoms with Gasteiger partial charge < -0.3 is 15.4 Å². The van der Waals surface area contributed by atoms with Crippen LogP contribution in [0.3, 0.4) is 0 Å². The van der Waals surface area contributed by atoms with Crippen LogP contribution in [0.1, 0.15) is 10.4 Å². The molecule has 1 atom stereocenters. The van der Waals surface area contributed by atoms with Crippen LogP contribution in [0.2, 0.25) is 5.02 Å². The molecule has 0 bridgehead atoms. The molecule has 2 N–H and O–H groups in total. The molecule has 1 aliphatic rings. The summed E-state index contributed by atoms with van der Waals surface area (Å²) in [6.07, 6.45) is 0.0219. The van der Waals surface area contributed by atoms with Gasteiger partial charge in [-0.05, 0) is 18.2 Å². The summed E-state index contributed by atoms with van der Waals surface area (Å²) in [7, 11) is 0. The molecular weight excluding hydrogens is 320 g/mol. The minimum atomic E-state index is -0.185. The fraction of sp³-hybridized carbons (Fsp3) is 0.417. The number of amides is 1. The second-order valence-electron chi connectivity index (χ2n) is 4.03. The van der Waals surface area contributed by atoms with E-state index in [-0.39, 0.29) is 12.0 Å². The predicted octanol–water partition coefficient (Wildman–Crippen LogP) is 1.82. The van der Waals surface area contributed by atoms with Crippen LogP contribution in [-0.2, 0) is 4.74 Å². The highest BCUT2D eigenvalue weighted by atomic mass is 79.9. The van der Waals surface area contributed by atoms with Crippen molar-refractivity contribution in [3.8, 4) is 0 Å². The summed E-state index contributed by atoms with van der Waals surface area (Å²) < 4.78 is 6.33. The predicted molar refractivity (Wildman–Crippen MR) is 74.1 cm³/mol. The van der Waals surface area contributed by atoms with E-state index in [4.69, 9.17) is 16.3 Å². The average Bonchev–Trinajstić information content (AvgIpc) is 2.40. The fourth-order valence-corrected chi connectivity index (χ4v) is 2.29. The third kappa shape index (κ3) is 3.68. The Morgan fingerprint density at radius 2 is 2.44 bits per heavy atom. The van der Waals surface area contributed by atoms with E-state index in [0.29, 0.717) is 23.7 Å². The summed E-state index contributed by atoms with van der Waals surface area (Å²) in [6, 6.07) is 5.20. The molecule has 0 radical (unpaired) electrons. The van der Waals surface area contributed by atoms with E-state index in [2.05, 4.69) is 26.6 Å². The molecule has 1 amide bonds. The molecular formula is C12H14BrClN2O2. The Kier molecular flexibility index (Phi) is 5.00. The first-order valence-corrected chi connectivity index (χ1v) is 6.89. The van der Waals surface area contributed by atoms with Crippen molar-refractivity contribution in [2.75, 3.05) is 26.2 Å². The van der Waals surface area contributed by atoms with E-state index < -0.39 is 0 Å². The third-order valence-corrected chi connectivity index (χ3v) is 3.49. The molecule has 1 unspecified atom stereocenters. The van der Waals surface area contributed by atoms with Gasteiger partial charge in [0.2, 0.25) is 0 Å². The van der Waals surface area contributed by atoms with E-state index in [1.807, 2.05) is 0 Å². The number of morpholine rings is 1. The highest BCUT2D eigenvalue weighted by Crippen LogP contribution is 2.20. The first-order chi connectivity index (χ1) is 8.66. The molecule has 98 valence electrons. The van der Waals surface area contributed by atoms with Crippen LogP contribution < -0.4 is 10.6 Å². The summed E-state index contributed by atoms with van der Waals surface area (Å²) >= 11 is 9.31. The van der Waals surface area contributed by atoms with Crippen LogP contribution in [0.25, 0.3) is 0 Å². The lowest BCUT2D eigenvalue weighted by atomic mass is 10.2. The number of halogens is 2. The molecule has 0 spiro atoms. The maximum absolute atomic E-state index is 12.0. The Morgan fingerprint density at radius 1 is 1.61 bits per heavy atom. The van der Waals surface area contributed by atoms with E-state index in [1.165, 1.54) is 0 Å². The van der Waals surface area contributed by atoms with Gasteiger partial charge in [0, 0.05) is 24.1 Å². The minimum absolute atomic E-state index is 0.0219. The highest BCUT2D eigenvalue weighted by Gasteiger charge is 2.16. The second kappa shape index (κ2) is 6.52. The number of hydrogen-bond acceptors (Lipinski definition) is 3. The largest absolute Gasteiger partial charge is 0.374 e. The summed E-state index contributed by atoms with van der Waals surface area (Å²) in [6.45, 7) is 2.78. The zero-order valence-corrected chi connectivity index (χ0v) is 12.1. The van der Waals surface area contributed by atoms with E-state index >= 15 is 0 Å². The monoisotopic (exact) mass is 332 g/mol. The minimum Gasteiger partial charge on any atom is -0.374 e. The van der Waals surface area contributed by atoms with Crippen LogP contribution in [0, 0.1) is 0 Å². The molecule has 0 saturated carbocycles. The van der Waals surface area contributed by atoms with Gasteiger partial charge in [0.15, 0.2) is 0 Å². The van der Waals surface area contributed by atoms with Crippen molar-refractivity contribution in [3.63, 3.8) is 0 Å². The Morgan fingerprint density at radius 3 is 3.17 bits per heavy atom. The van der Waals surface area contributed by atoms with Crippen molar-refractivity contribution in [1.82, 2.24) is 10.6 Å². The number of benzene rings is 1. The molecule has 1 aromatic carbocycles. The molecule has 0 aromatic heterocycles. The van der Waals surface area contributed by atoms with Gasteiger partial charge in [-0.25, -0.2) is 0 Å². The first-order valence-electron chi connectivity index (χ1n) is 5.72. The first kappa shape index (κ1) is 13.8. The van der Waals surface area contributed by atoms with Crippen molar-refractivity contribution in [3.05, 3.63) is 33.3 Å². The van der Waals surface area contributed by atoms with Gasteiger partial charge in [-0.3, -0.25) is 4.79 Å². The maximum atomic E-state index is 12.0. The molecule has 1 fully saturated rings. The van der Waals surface area contributed by atoms with Crippen molar-refractivity contribution >= 4 is 33.4 Å². The van der Waals surface area contributed by atoms with E-state index in [1.54, 1.807) is 18.2 Å². The SMILES string of the molecule is O=C(NCC1CNCCO1)c1cc(Br)ccc1Cl. The summed E-state index contributed by atoms with van der Waals surface area (Å²) in [5.41, 5.74) is 0.467. The Bertz CT molecular complexity index is 436. The summed E-state index contributed by atoms with van der Waals surface area (Å²) in [5.74, 6) is -0.185. The topological polar surface area (TPSA) is 50.4 Å². The van der Waals surface area contributed by atoms with Gasteiger partial charge in [-0.15, -0.1) is 0 Å². The van der Waals surface area contributed by atoms with Crippen molar-refractivity contribution in [2.24, 2.45) is 0 Å². The van der Waals surface area contributed by atoms with Crippen molar-refractivity contribution in [2.45, 2.75) is 6.10 Å². The molecule has 1 aliphatic heterocycles. The van der Waals surface area contributed by atoms with Gasteiger partial charge in [0.05, 0.1) is 23.3 Å². The molecule has 1 saturated heterocycles. The molecule has 2 rings (SSSR count). The standard InChI is InChI=1S/C12H14BrClN2O2/c13-8-1-2-11(14)10(5-8)12(17)16-7-9-6-15-3-4-18-9/h1-2,5,9,15H,3-4,6-7H2,(H,16,17). The zero-order chi connectivity index (χ0) is 13.0. The van der Waals surface area contributed by atoms with Gasteiger partial charge in [0.1, 0.15) is 0 Å².